The molecule has 2 heterocycles. The minimum absolute atomic E-state index is 0.0594. The summed E-state index contributed by atoms with van der Waals surface area (Å²) in [5.74, 6) is -0.0715. The molecule has 9 heteroatoms. The van der Waals surface area contributed by atoms with E-state index in [-0.39, 0.29) is 11.7 Å². The smallest absolute Gasteiger partial charge is 0.274 e. The average Bonchev–Trinajstić information content (AvgIpc) is 3.25. The molecule has 0 aliphatic carbocycles. The van der Waals surface area contributed by atoms with E-state index in [1.54, 1.807) is 36.0 Å². The van der Waals surface area contributed by atoms with E-state index >= 15 is 0 Å². The lowest BCUT2D eigenvalue weighted by Gasteiger charge is -2.08. The van der Waals surface area contributed by atoms with E-state index in [1.807, 2.05) is 29.7 Å². The van der Waals surface area contributed by atoms with Crippen LogP contribution < -0.4 is 5.32 Å². The van der Waals surface area contributed by atoms with Crippen LogP contribution in [0.25, 0.3) is 11.4 Å². The van der Waals surface area contributed by atoms with Crippen LogP contribution in [-0.4, -0.2) is 36.9 Å². The first kappa shape index (κ1) is 19.2. The lowest BCUT2D eigenvalue weighted by molar-refractivity contribution is -0.117. The van der Waals surface area contributed by atoms with E-state index < -0.39 is 5.91 Å². The number of rotatable bonds is 6. The number of amides is 2. The molecule has 0 saturated heterocycles. The van der Waals surface area contributed by atoms with Gasteiger partial charge >= 0.3 is 0 Å². The van der Waals surface area contributed by atoms with Crippen molar-refractivity contribution in [2.45, 2.75) is 18.6 Å². The highest BCUT2D eigenvalue weighted by Crippen LogP contribution is 2.25. The van der Waals surface area contributed by atoms with E-state index in [4.69, 9.17) is 11.6 Å². The van der Waals surface area contributed by atoms with Crippen LogP contribution in [0.5, 0.6) is 0 Å². The van der Waals surface area contributed by atoms with Gasteiger partial charge in [0.05, 0.1) is 5.75 Å². The van der Waals surface area contributed by atoms with Crippen LogP contribution in [0.1, 0.15) is 17.4 Å². The molecule has 1 aromatic carbocycles. The quantitative estimate of drug-likeness (QED) is 0.640. The fraction of sp³-hybridized carbons (Fsp3) is 0.222. The molecule has 140 valence electrons. The average molecular weight is 404 g/mol. The van der Waals surface area contributed by atoms with Gasteiger partial charge in [0.25, 0.3) is 5.91 Å². The molecule has 0 aliphatic rings. The molecule has 3 rings (SSSR count). The summed E-state index contributed by atoms with van der Waals surface area (Å²) in [7, 11) is 1.75. The molecule has 0 saturated carbocycles. The Balaban J connectivity index is 1.67. The van der Waals surface area contributed by atoms with Gasteiger partial charge in [0.1, 0.15) is 5.69 Å². The van der Waals surface area contributed by atoms with Gasteiger partial charge in [-0.2, -0.15) is 0 Å². The van der Waals surface area contributed by atoms with E-state index in [0.717, 1.165) is 5.56 Å². The van der Waals surface area contributed by atoms with Gasteiger partial charge in [-0.15, -0.1) is 10.2 Å². The summed E-state index contributed by atoms with van der Waals surface area (Å²) in [6.07, 6.45) is 1.75. The molecule has 1 N–H and O–H groups in total. The first-order valence-corrected chi connectivity index (χ1v) is 9.63. The predicted molar refractivity (Wildman–Crippen MR) is 105 cm³/mol. The number of aryl methyl sites for hydroxylation is 1. The van der Waals surface area contributed by atoms with Crippen molar-refractivity contribution in [3.05, 3.63) is 53.3 Å². The number of nitrogens with one attached hydrogen (secondary N) is 1. The highest BCUT2D eigenvalue weighted by Gasteiger charge is 2.17. The van der Waals surface area contributed by atoms with Crippen molar-refractivity contribution in [3.8, 4) is 11.4 Å². The summed E-state index contributed by atoms with van der Waals surface area (Å²) < 4.78 is 3.56. The highest BCUT2D eigenvalue weighted by molar-refractivity contribution is 7.99. The second-order valence-corrected chi connectivity index (χ2v) is 7.11. The fourth-order valence-electron chi connectivity index (χ4n) is 2.58. The summed E-state index contributed by atoms with van der Waals surface area (Å²) in [5, 5.41) is 12.0. The maximum absolute atomic E-state index is 12.1. The van der Waals surface area contributed by atoms with Gasteiger partial charge in [-0.25, -0.2) is 0 Å². The topological polar surface area (TPSA) is 81.8 Å². The van der Waals surface area contributed by atoms with Crippen LogP contribution in [0.3, 0.4) is 0 Å². The summed E-state index contributed by atoms with van der Waals surface area (Å²) >= 11 is 7.28. The molecule has 0 fully saturated rings. The summed E-state index contributed by atoms with van der Waals surface area (Å²) in [6, 6.07) is 10.8. The number of hydrogen-bond donors (Lipinski definition) is 1. The first-order chi connectivity index (χ1) is 13.0. The molecular weight excluding hydrogens is 386 g/mol. The molecular formula is C18H18ClN5O2S. The molecule has 3 aromatic rings. The maximum Gasteiger partial charge on any atom is 0.274 e. The zero-order valence-corrected chi connectivity index (χ0v) is 16.4. The number of nitrogens with zero attached hydrogens (tertiary/aromatic N) is 4. The van der Waals surface area contributed by atoms with E-state index in [1.165, 1.54) is 11.8 Å². The Morgan fingerprint density at radius 1 is 1.22 bits per heavy atom. The zero-order valence-electron chi connectivity index (χ0n) is 14.8. The van der Waals surface area contributed by atoms with Crippen LogP contribution in [0, 0.1) is 0 Å². The molecule has 27 heavy (non-hydrogen) atoms. The first-order valence-electron chi connectivity index (χ1n) is 8.27. The predicted octanol–water partition coefficient (Wildman–Crippen LogP) is 3.01. The second-order valence-electron chi connectivity index (χ2n) is 5.73. The van der Waals surface area contributed by atoms with Gasteiger partial charge in [0, 0.05) is 30.4 Å². The second kappa shape index (κ2) is 8.41. The van der Waals surface area contributed by atoms with Crippen molar-refractivity contribution in [2.75, 3.05) is 5.75 Å². The molecule has 2 amide bonds. The number of carbonyl (C=O) groups excluding carboxylic acids is 2. The number of carbonyl (C=O) groups is 2. The third-order valence-electron chi connectivity index (χ3n) is 3.88. The number of benzene rings is 1. The summed E-state index contributed by atoms with van der Waals surface area (Å²) in [4.78, 5) is 24.2. The molecule has 0 aliphatic heterocycles. The molecule has 0 unspecified atom stereocenters. The van der Waals surface area contributed by atoms with Crippen LogP contribution in [0.4, 0.5) is 0 Å². The number of imide groups is 1. The van der Waals surface area contributed by atoms with E-state index in [9.17, 15) is 9.59 Å². The van der Waals surface area contributed by atoms with Gasteiger partial charge in [-0.3, -0.25) is 14.9 Å². The lowest BCUT2D eigenvalue weighted by Crippen LogP contribution is -2.33. The minimum Gasteiger partial charge on any atom is -0.347 e. The van der Waals surface area contributed by atoms with Gasteiger partial charge in [0.15, 0.2) is 11.0 Å². The minimum atomic E-state index is -0.426. The molecule has 0 bridgehead atoms. The number of thioether (sulfide) groups is 1. The van der Waals surface area contributed by atoms with Crippen molar-refractivity contribution >= 4 is 35.2 Å². The Morgan fingerprint density at radius 3 is 2.70 bits per heavy atom. The fourth-order valence-corrected chi connectivity index (χ4v) is 3.57. The molecule has 0 spiro atoms. The Labute approximate surface area is 165 Å². The maximum atomic E-state index is 12.1. The van der Waals surface area contributed by atoms with E-state index in [0.29, 0.717) is 28.2 Å². The molecule has 2 aromatic heterocycles. The summed E-state index contributed by atoms with van der Waals surface area (Å²) in [5.41, 5.74) is 1.28. The number of halogens is 1. The normalized spacial score (nSPS) is 10.8. The monoisotopic (exact) mass is 403 g/mol. The number of hydrogen-bond acceptors (Lipinski definition) is 5. The van der Waals surface area contributed by atoms with Crippen LogP contribution >= 0.6 is 23.4 Å². The third-order valence-corrected chi connectivity index (χ3v) is 5.08. The van der Waals surface area contributed by atoms with Crippen LogP contribution in [0.2, 0.25) is 5.02 Å². The Hall–Kier alpha value is -2.58. The van der Waals surface area contributed by atoms with Gasteiger partial charge < -0.3 is 9.13 Å². The van der Waals surface area contributed by atoms with Gasteiger partial charge in [-0.05, 0) is 31.2 Å². The standard InChI is InChI=1S/C18H18ClN5O2S/c1-3-24-16(12-6-4-7-13(19)10-12)21-22-18(24)27-11-15(25)20-17(26)14-8-5-9-23(14)2/h4-10H,3,11H2,1-2H3,(H,20,25,26). The van der Waals surface area contributed by atoms with Gasteiger partial charge in [-0.1, -0.05) is 35.5 Å². The van der Waals surface area contributed by atoms with Gasteiger partial charge in [0.2, 0.25) is 5.91 Å². The van der Waals surface area contributed by atoms with Crippen LogP contribution in [0.15, 0.2) is 47.8 Å². The van der Waals surface area contributed by atoms with Crippen molar-refractivity contribution in [1.82, 2.24) is 24.6 Å². The van der Waals surface area contributed by atoms with Crippen LogP contribution in [-0.2, 0) is 18.4 Å². The summed E-state index contributed by atoms with van der Waals surface area (Å²) in [6.45, 7) is 2.61. The Morgan fingerprint density at radius 2 is 2.04 bits per heavy atom. The highest BCUT2D eigenvalue weighted by atomic mass is 35.5. The Bertz CT molecular complexity index is 982. The van der Waals surface area contributed by atoms with Crippen molar-refractivity contribution < 1.29 is 9.59 Å². The number of aromatic nitrogens is 4. The van der Waals surface area contributed by atoms with Crippen molar-refractivity contribution in [3.63, 3.8) is 0 Å². The lowest BCUT2D eigenvalue weighted by atomic mass is 10.2. The third kappa shape index (κ3) is 4.40. The SMILES string of the molecule is CCn1c(SCC(=O)NC(=O)c2cccn2C)nnc1-c1cccc(Cl)c1. The Kier molecular flexibility index (Phi) is 5.98. The largest absolute Gasteiger partial charge is 0.347 e. The molecule has 0 radical (unpaired) electrons. The van der Waals surface area contributed by atoms with Crippen molar-refractivity contribution in [1.29, 1.82) is 0 Å². The van der Waals surface area contributed by atoms with Crippen molar-refractivity contribution in [2.24, 2.45) is 7.05 Å². The zero-order chi connectivity index (χ0) is 19.4. The van der Waals surface area contributed by atoms with E-state index in [2.05, 4.69) is 15.5 Å². The molecule has 0 atom stereocenters. The molecule has 7 nitrogen and oxygen atoms in total.